The predicted molar refractivity (Wildman–Crippen MR) is 72.0 cm³/mol. The first-order valence-electron chi connectivity index (χ1n) is 6.72. The maximum Gasteiger partial charge on any atom is 0.163 e. The number of ether oxygens (including phenoxy) is 1. The maximum absolute atomic E-state index is 12.1. The molecule has 2 aliphatic rings. The number of nitrogens with zero attached hydrogens (tertiary/aromatic N) is 1. The summed E-state index contributed by atoms with van der Waals surface area (Å²) >= 11 is 1.69. The van der Waals surface area contributed by atoms with Gasteiger partial charge < -0.3 is 4.74 Å². The molecule has 3 rings (SSSR count). The number of fused-ring (bicyclic) bond motifs is 1. The molecule has 2 atom stereocenters. The number of morpholine rings is 1. The molecule has 0 amide bonds. The monoisotopic (exact) mass is 265 g/mol. The number of carbonyl (C=O) groups is 1. The largest absolute Gasteiger partial charge is 0.367 e. The fourth-order valence-electron chi connectivity index (χ4n) is 2.88. The summed E-state index contributed by atoms with van der Waals surface area (Å²) in [6.45, 7) is 2.70. The van der Waals surface area contributed by atoms with Gasteiger partial charge >= 0.3 is 0 Å². The topological polar surface area (TPSA) is 29.5 Å². The number of hydrogen-bond donors (Lipinski definition) is 0. The van der Waals surface area contributed by atoms with Crippen LogP contribution in [0.2, 0.25) is 0 Å². The van der Waals surface area contributed by atoms with E-state index >= 15 is 0 Å². The van der Waals surface area contributed by atoms with Crippen molar-refractivity contribution in [3.8, 4) is 0 Å². The van der Waals surface area contributed by atoms with Gasteiger partial charge in [-0.15, -0.1) is 0 Å². The molecule has 2 fully saturated rings. The number of rotatable bonds is 4. The van der Waals surface area contributed by atoms with Crippen LogP contribution >= 0.6 is 11.3 Å². The third-order valence-corrected chi connectivity index (χ3v) is 4.72. The van der Waals surface area contributed by atoms with Crippen molar-refractivity contribution in [3.63, 3.8) is 0 Å². The Labute approximate surface area is 112 Å². The zero-order valence-electron chi connectivity index (χ0n) is 10.5. The predicted octanol–water partition coefficient (Wildman–Crippen LogP) is 2.11. The van der Waals surface area contributed by atoms with Crippen molar-refractivity contribution in [2.24, 2.45) is 0 Å². The van der Waals surface area contributed by atoms with Gasteiger partial charge in [-0.3, -0.25) is 9.69 Å². The number of hydrogen-bond acceptors (Lipinski definition) is 4. The van der Waals surface area contributed by atoms with E-state index in [9.17, 15) is 4.79 Å². The average molecular weight is 265 g/mol. The molecule has 0 bridgehead atoms. The van der Waals surface area contributed by atoms with Crippen molar-refractivity contribution in [2.75, 3.05) is 19.7 Å². The molecule has 3 heterocycles. The van der Waals surface area contributed by atoms with E-state index in [1.165, 1.54) is 18.4 Å². The van der Waals surface area contributed by atoms with E-state index in [0.717, 1.165) is 26.1 Å². The summed E-state index contributed by atoms with van der Waals surface area (Å²) in [7, 11) is 0. The van der Waals surface area contributed by atoms with E-state index < -0.39 is 0 Å². The zero-order chi connectivity index (χ0) is 12.4. The minimum atomic E-state index is -0.182. The minimum Gasteiger partial charge on any atom is -0.367 e. The molecule has 2 saturated heterocycles. The van der Waals surface area contributed by atoms with Crippen molar-refractivity contribution in [3.05, 3.63) is 22.4 Å². The third kappa shape index (κ3) is 2.66. The van der Waals surface area contributed by atoms with Crippen molar-refractivity contribution >= 4 is 17.1 Å². The van der Waals surface area contributed by atoms with Crippen LogP contribution in [0.4, 0.5) is 0 Å². The summed E-state index contributed by atoms with van der Waals surface area (Å²) in [5, 5.41) is 4.18. The summed E-state index contributed by atoms with van der Waals surface area (Å²) < 4.78 is 5.73. The molecule has 1 aromatic heterocycles. The van der Waals surface area contributed by atoms with Crippen LogP contribution in [0.25, 0.3) is 0 Å². The fourth-order valence-corrected chi connectivity index (χ4v) is 3.58. The summed E-state index contributed by atoms with van der Waals surface area (Å²) in [5.74, 6) is 0.270. The van der Waals surface area contributed by atoms with Gasteiger partial charge in [0.1, 0.15) is 6.10 Å². The van der Waals surface area contributed by atoms with Crippen LogP contribution in [0.3, 0.4) is 0 Å². The van der Waals surface area contributed by atoms with Gasteiger partial charge in [-0.2, -0.15) is 11.3 Å². The quantitative estimate of drug-likeness (QED) is 0.835. The van der Waals surface area contributed by atoms with Gasteiger partial charge in [0.05, 0.1) is 6.61 Å². The van der Waals surface area contributed by atoms with Crippen LogP contribution in [0.15, 0.2) is 16.8 Å². The Bertz CT molecular complexity index is 404. The minimum absolute atomic E-state index is 0.182. The molecule has 2 aliphatic heterocycles. The van der Waals surface area contributed by atoms with Crippen LogP contribution in [0.1, 0.15) is 24.8 Å². The number of aryl methyl sites for hydroxylation is 1. The van der Waals surface area contributed by atoms with Crippen LogP contribution in [-0.2, 0) is 16.0 Å². The average Bonchev–Trinajstić information content (AvgIpc) is 3.05. The van der Waals surface area contributed by atoms with Gasteiger partial charge in [0.25, 0.3) is 0 Å². The van der Waals surface area contributed by atoms with Crippen molar-refractivity contribution in [2.45, 2.75) is 37.8 Å². The Hall–Kier alpha value is -0.710. The lowest BCUT2D eigenvalue weighted by Gasteiger charge is -2.34. The third-order valence-electron chi connectivity index (χ3n) is 3.99. The smallest absolute Gasteiger partial charge is 0.163 e. The highest BCUT2D eigenvalue weighted by atomic mass is 32.1. The highest BCUT2D eigenvalue weighted by Crippen LogP contribution is 2.23. The zero-order valence-corrected chi connectivity index (χ0v) is 11.3. The van der Waals surface area contributed by atoms with Crippen LogP contribution in [0.5, 0.6) is 0 Å². The summed E-state index contributed by atoms with van der Waals surface area (Å²) in [6, 6.07) is 2.67. The van der Waals surface area contributed by atoms with Gasteiger partial charge in [0, 0.05) is 19.0 Å². The Morgan fingerprint density at radius 2 is 2.50 bits per heavy atom. The van der Waals surface area contributed by atoms with Gasteiger partial charge in [-0.1, -0.05) is 0 Å². The standard InChI is InChI=1S/C14H19NO2S/c16-13(4-3-11-5-7-18-10-11)14-8-15-6-1-2-12(15)9-17-14/h5,7,10,12,14H,1-4,6,8-9H2. The van der Waals surface area contributed by atoms with Gasteiger partial charge in [-0.05, 0) is 48.2 Å². The molecule has 1 aromatic rings. The molecule has 0 radical (unpaired) electrons. The first-order chi connectivity index (χ1) is 8.83. The van der Waals surface area contributed by atoms with Gasteiger partial charge in [0.15, 0.2) is 5.78 Å². The molecule has 0 aliphatic carbocycles. The second kappa shape index (κ2) is 5.51. The maximum atomic E-state index is 12.1. The first kappa shape index (κ1) is 12.3. The van der Waals surface area contributed by atoms with Crippen LogP contribution < -0.4 is 0 Å². The molecule has 4 heteroatoms. The van der Waals surface area contributed by atoms with Crippen LogP contribution in [-0.4, -0.2) is 42.5 Å². The molecule has 2 unspecified atom stereocenters. The Morgan fingerprint density at radius 1 is 1.56 bits per heavy atom. The van der Waals surface area contributed by atoms with Gasteiger partial charge in [0.2, 0.25) is 0 Å². The normalized spacial score (nSPS) is 28.2. The van der Waals surface area contributed by atoms with E-state index in [1.807, 2.05) is 0 Å². The van der Waals surface area contributed by atoms with E-state index in [4.69, 9.17) is 4.74 Å². The highest BCUT2D eigenvalue weighted by molar-refractivity contribution is 7.07. The fraction of sp³-hybridized carbons (Fsp3) is 0.643. The van der Waals surface area contributed by atoms with E-state index in [-0.39, 0.29) is 11.9 Å². The molecule has 98 valence electrons. The van der Waals surface area contributed by atoms with Crippen molar-refractivity contribution in [1.29, 1.82) is 0 Å². The number of ketones is 1. The lowest BCUT2D eigenvalue weighted by molar-refractivity contribution is -0.138. The molecule has 0 spiro atoms. The highest BCUT2D eigenvalue weighted by Gasteiger charge is 2.34. The Morgan fingerprint density at radius 3 is 3.33 bits per heavy atom. The number of Topliss-reactive ketones (excluding diaryl/α,β-unsaturated/α-hetero) is 1. The lowest BCUT2D eigenvalue weighted by atomic mass is 10.0. The van der Waals surface area contributed by atoms with E-state index in [0.29, 0.717) is 12.5 Å². The van der Waals surface area contributed by atoms with Crippen molar-refractivity contribution in [1.82, 2.24) is 4.90 Å². The molecule has 3 nitrogen and oxygen atoms in total. The summed E-state index contributed by atoms with van der Waals surface area (Å²) in [6.07, 6.45) is 3.77. The molecular formula is C14H19NO2S. The van der Waals surface area contributed by atoms with E-state index in [2.05, 4.69) is 21.7 Å². The lowest BCUT2D eigenvalue weighted by Crippen LogP contribution is -2.49. The molecule has 0 saturated carbocycles. The van der Waals surface area contributed by atoms with E-state index in [1.54, 1.807) is 11.3 Å². The molecular weight excluding hydrogens is 246 g/mol. The van der Waals surface area contributed by atoms with Crippen LogP contribution in [0, 0.1) is 0 Å². The number of thiophene rings is 1. The second-order valence-corrected chi connectivity index (χ2v) is 5.99. The summed E-state index contributed by atoms with van der Waals surface area (Å²) in [5.41, 5.74) is 1.27. The SMILES string of the molecule is O=C(CCc1ccsc1)C1CN2CCCC2CO1. The van der Waals surface area contributed by atoms with Crippen molar-refractivity contribution < 1.29 is 9.53 Å². The summed E-state index contributed by atoms with van der Waals surface area (Å²) in [4.78, 5) is 14.6. The van der Waals surface area contributed by atoms with Gasteiger partial charge in [-0.25, -0.2) is 0 Å². The number of carbonyl (C=O) groups excluding carboxylic acids is 1. The molecule has 0 aromatic carbocycles. The Balaban J connectivity index is 1.50. The Kier molecular flexibility index (Phi) is 3.77. The second-order valence-electron chi connectivity index (χ2n) is 5.21. The molecule has 18 heavy (non-hydrogen) atoms. The molecule has 0 N–H and O–H groups in total. The first-order valence-corrected chi connectivity index (χ1v) is 7.66.